The molecule has 2 amide bonds. The number of H-pyrrole nitrogens is 2. The number of thioether (sulfide) groups is 2. The molecule has 0 aliphatic heterocycles. The Morgan fingerprint density at radius 1 is 0.653 bits per heavy atom. The minimum atomic E-state index is -0.0611. The van der Waals surface area contributed by atoms with Gasteiger partial charge in [-0.1, -0.05) is 99.7 Å². The maximum absolute atomic E-state index is 13.1. The molecule has 0 bridgehead atoms. The van der Waals surface area contributed by atoms with Crippen LogP contribution in [0.3, 0.4) is 0 Å². The van der Waals surface area contributed by atoms with Crippen LogP contribution in [-0.4, -0.2) is 43.3 Å². The maximum atomic E-state index is 13.1. The van der Waals surface area contributed by atoms with E-state index >= 15 is 0 Å². The predicted octanol–water partition coefficient (Wildman–Crippen LogP) is 9.36. The zero-order valence-electron chi connectivity index (χ0n) is 28.7. The van der Waals surface area contributed by atoms with E-state index in [1.54, 1.807) is 0 Å². The normalized spacial score (nSPS) is 11.6. The van der Waals surface area contributed by atoms with E-state index in [4.69, 9.17) is 0 Å². The second kappa shape index (κ2) is 14.9. The van der Waals surface area contributed by atoms with Crippen molar-refractivity contribution in [1.82, 2.24) is 19.9 Å². The van der Waals surface area contributed by atoms with E-state index in [0.717, 1.165) is 72.4 Å². The fourth-order valence-corrected chi connectivity index (χ4v) is 7.46. The Bertz CT molecular complexity index is 1930. The highest BCUT2D eigenvalue weighted by Crippen LogP contribution is 2.34. The number of carbonyl (C=O) groups excluding carboxylic acids is 2. The van der Waals surface area contributed by atoms with Crippen LogP contribution in [0.1, 0.15) is 72.9 Å². The third-order valence-electron chi connectivity index (χ3n) is 8.45. The summed E-state index contributed by atoms with van der Waals surface area (Å²) in [6.07, 6.45) is 0.743. The third kappa shape index (κ3) is 8.20. The SMILES string of the molecule is Cc1cc(Cc2cc(C)c(NC(=O)CSc3nc4ccccc4[nH]3)c(C(C)C)c2)cc(C(C)C)c1NC(=O)CSc1nc2ccccc2[nH]1. The molecule has 0 atom stereocenters. The minimum Gasteiger partial charge on any atom is -0.333 e. The van der Waals surface area contributed by atoms with Gasteiger partial charge in [0.15, 0.2) is 10.3 Å². The number of fused-ring (bicyclic) bond motifs is 2. The van der Waals surface area contributed by atoms with Gasteiger partial charge in [-0.15, -0.1) is 0 Å². The van der Waals surface area contributed by atoms with Gasteiger partial charge in [-0.05, 0) is 89.8 Å². The van der Waals surface area contributed by atoms with Crippen molar-refractivity contribution in [3.8, 4) is 0 Å². The standard InChI is InChI=1S/C39H42N6O2S2/c1-22(2)28-18-26(15-24(5)36(28)44-34(46)20-48-38-40-30-11-7-8-12-31(30)41-38)17-27-16-25(6)37(29(19-27)23(3)4)45-35(47)21-49-39-42-32-13-9-10-14-33(32)43-39/h7-16,18-19,22-23H,17,20-21H2,1-6H3,(H,40,41)(H,42,43)(H,44,46)(H,45,47). The Morgan fingerprint density at radius 2 is 1.06 bits per heavy atom. The summed E-state index contributed by atoms with van der Waals surface area (Å²) in [7, 11) is 0. The third-order valence-corrected chi connectivity index (χ3v) is 10.2. The second-order valence-corrected chi connectivity index (χ2v) is 15.0. The van der Waals surface area contributed by atoms with Gasteiger partial charge in [0.25, 0.3) is 0 Å². The Hall–Kier alpha value is -4.54. The van der Waals surface area contributed by atoms with E-state index in [0.29, 0.717) is 0 Å². The van der Waals surface area contributed by atoms with Crippen LogP contribution >= 0.6 is 23.5 Å². The summed E-state index contributed by atoms with van der Waals surface area (Å²) in [5.41, 5.74) is 12.1. The van der Waals surface area contributed by atoms with Crippen LogP contribution in [0, 0.1) is 13.8 Å². The van der Waals surface area contributed by atoms with E-state index in [2.05, 4.69) is 96.4 Å². The van der Waals surface area contributed by atoms with Gasteiger partial charge in [-0.25, -0.2) is 9.97 Å². The molecule has 8 nitrogen and oxygen atoms in total. The molecule has 2 aromatic heterocycles. The van der Waals surface area contributed by atoms with Gasteiger partial charge in [0.2, 0.25) is 11.8 Å². The van der Waals surface area contributed by atoms with E-state index < -0.39 is 0 Å². The van der Waals surface area contributed by atoms with Crippen molar-refractivity contribution in [2.75, 3.05) is 22.1 Å². The number of aromatic amines is 2. The highest BCUT2D eigenvalue weighted by atomic mass is 32.2. The molecule has 0 radical (unpaired) electrons. The van der Waals surface area contributed by atoms with Gasteiger partial charge in [0.05, 0.1) is 33.6 Å². The summed E-state index contributed by atoms with van der Waals surface area (Å²) in [6.45, 7) is 12.7. The fourth-order valence-electron chi connectivity index (χ4n) is 6.09. The van der Waals surface area contributed by atoms with E-state index in [9.17, 15) is 9.59 Å². The lowest BCUT2D eigenvalue weighted by molar-refractivity contribution is -0.114. The lowest BCUT2D eigenvalue weighted by atomic mass is 9.90. The number of rotatable bonds is 12. The lowest BCUT2D eigenvalue weighted by Gasteiger charge is -2.20. The van der Waals surface area contributed by atoms with Gasteiger partial charge >= 0.3 is 0 Å². The first-order valence-corrected chi connectivity index (χ1v) is 18.5. The highest BCUT2D eigenvalue weighted by Gasteiger charge is 2.18. The number of benzene rings is 4. The summed E-state index contributed by atoms with van der Waals surface area (Å²) in [5, 5.41) is 7.85. The van der Waals surface area contributed by atoms with Gasteiger partial charge in [-0.3, -0.25) is 9.59 Å². The molecule has 0 spiro atoms. The summed E-state index contributed by atoms with van der Waals surface area (Å²) in [5.74, 6) is 0.845. The monoisotopic (exact) mass is 690 g/mol. The van der Waals surface area contributed by atoms with Crippen LogP contribution in [0.15, 0.2) is 83.1 Å². The van der Waals surface area contributed by atoms with E-state index in [1.807, 2.05) is 48.5 Å². The van der Waals surface area contributed by atoms with Crippen molar-refractivity contribution >= 4 is 68.8 Å². The van der Waals surface area contributed by atoms with Gasteiger partial charge in [0.1, 0.15) is 0 Å². The zero-order chi connectivity index (χ0) is 34.7. The number of anilines is 2. The van der Waals surface area contributed by atoms with Gasteiger partial charge in [0, 0.05) is 11.4 Å². The second-order valence-electron chi connectivity index (χ2n) is 13.0. The van der Waals surface area contributed by atoms with Crippen LogP contribution in [0.2, 0.25) is 0 Å². The average molecular weight is 691 g/mol. The molecule has 0 fully saturated rings. The van der Waals surface area contributed by atoms with Gasteiger partial charge < -0.3 is 20.6 Å². The smallest absolute Gasteiger partial charge is 0.234 e. The molecule has 0 saturated heterocycles. The van der Waals surface area contributed by atoms with Crippen LogP contribution in [0.25, 0.3) is 22.1 Å². The summed E-state index contributed by atoms with van der Waals surface area (Å²) >= 11 is 2.80. The number of nitrogens with zero attached hydrogens (tertiary/aromatic N) is 2. The average Bonchev–Trinajstić information content (AvgIpc) is 3.68. The number of imidazole rings is 2. The number of hydrogen-bond acceptors (Lipinski definition) is 6. The van der Waals surface area contributed by atoms with Crippen LogP contribution in [0.5, 0.6) is 0 Å². The molecule has 10 heteroatoms. The Morgan fingerprint density at radius 3 is 1.45 bits per heavy atom. The molecule has 0 unspecified atom stereocenters. The van der Waals surface area contributed by atoms with Crippen LogP contribution in [-0.2, 0) is 16.0 Å². The van der Waals surface area contributed by atoms with Crippen LogP contribution < -0.4 is 10.6 Å². The van der Waals surface area contributed by atoms with Crippen molar-refractivity contribution in [3.63, 3.8) is 0 Å². The predicted molar refractivity (Wildman–Crippen MR) is 204 cm³/mol. The molecular formula is C39H42N6O2S2. The molecule has 0 aliphatic rings. The Kier molecular flexibility index (Phi) is 10.5. The van der Waals surface area contributed by atoms with Crippen molar-refractivity contribution in [2.45, 2.75) is 70.1 Å². The number of nitrogens with one attached hydrogen (secondary N) is 4. The first kappa shape index (κ1) is 34.3. The molecule has 2 heterocycles. The van der Waals surface area contributed by atoms with Crippen molar-refractivity contribution in [2.24, 2.45) is 0 Å². The molecule has 49 heavy (non-hydrogen) atoms. The number of carbonyl (C=O) groups is 2. The molecule has 4 aromatic carbocycles. The summed E-state index contributed by atoms with van der Waals surface area (Å²) < 4.78 is 0. The van der Waals surface area contributed by atoms with E-state index in [-0.39, 0.29) is 35.2 Å². The largest absolute Gasteiger partial charge is 0.333 e. The maximum Gasteiger partial charge on any atom is 0.234 e. The topological polar surface area (TPSA) is 116 Å². The number of hydrogen-bond donors (Lipinski definition) is 4. The molecule has 4 N–H and O–H groups in total. The Balaban J connectivity index is 1.13. The summed E-state index contributed by atoms with van der Waals surface area (Å²) in [6, 6.07) is 24.5. The first-order valence-electron chi connectivity index (χ1n) is 16.6. The van der Waals surface area contributed by atoms with E-state index in [1.165, 1.54) is 34.7 Å². The van der Waals surface area contributed by atoms with Crippen molar-refractivity contribution < 1.29 is 9.59 Å². The molecule has 0 aliphatic carbocycles. The van der Waals surface area contributed by atoms with Crippen molar-refractivity contribution in [3.05, 3.63) is 106 Å². The lowest BCUT2D eigenvalue weighted by Crippen LogP contribution is -2.17. The van der Waals surface area contributed by atoms with Crippen molar-refractivity contribution in [1.29, 1.82) is 0 Å². The number of amides is 2. The first-order chi connectivity index (χ1) is 23.5. The molecule has 252 valence electrons. The number of aromatic nitrogens is 4. The quantitative estimate of drug-likeness (QED) is 0.0952. The van der Waals surface area contributed by atoms with Crippen LogP contribution in [0.4, 0.5) is 11.4 Å². The highest BCUT2D eigenvalue weighted by molar-refractivity contribution is 8.00. The molecule has 6 rings (SSSR count). The Labute approximate surface area is 295 Å². The zero-order valence-corrected chi connectivity index (χ0v) is 30.4. The van der Waals surface area contributed by atoms with Gasteiger partial charge in [-0.2, -0.15) is 0 Å². The molecule has 6 aromatic rings. The number of aryl methyl sites for hydroxylation is 2. The summed E-state index contributed by atoms with van der Waals surface area (Å²) in [4.78, 5) is 41.9. The molecule has 0 saturated carbocycles. The molecular weight excluding hydrogens is 649 g/mol. The number of para-hydroxylation sites is 4. The minimum absolute atomic E-state index is 0.0611. The fraction of sp³-hybridized carbons (Fsp3) is 0.282.